The predicted octanol–water partition coefficient (Wildman–Crippen LogP) is 3.73. The molecule has 0 atom stereocenters. The van der Waals surface area contributed by atoms with Crippen LogP contribution in [0.5, 0.6) is 11.5 Å². The Morgan fingerprint density at radius 2 is 1.62 bits per heavy atom. The maximum absolute atomic E-state index is 12.8. The predicted molar refractivity (Wildman–Crippen MR) is 123 cm³/mol. The van der Waals surface area contributed by atoms with E-state index in [2.05, 4.69) is 5.32 Å². The van der Waals surface area contributed by atoms with Crippen LogP contribution in [0.4, 0.5) is 5.69 Å². The van der Waals surface area contributed by atoms with Crippen LogP contribution in [-0.4, -0.2) is 51.2 Å². The Labute approximate surface area is 189 Å². The molecule has 8 nitrogen and oxygen atoms in total. The molecule has 0 saturated carbocycles. The molecule has 0 spiro atoms. The molecular formula is C23H30N2O6S. The lowest BCUT2D eigenvalue weighted by atomic mass is 10.1. The maximum Gasteiger partial charge on any atom is 0.243 e. The van der Waals surface area contributed by atoms with Crippen LogP contribution in [0.3, 0.4) is 0 Å². The summed E-state index contributed by atoms with van der Waals surface area (Å²) in [6, 6.07) is 11.1. The minimum Gasteiger partial charge on any atom is -0.495 e. The Balaban J connectivity index is 2.09. The largest absolute Gasteiger partial charge is 0.495 e. The van der Waals surface area contributed by atoms with E-state index in [1.165, 1.54) is 29.6 Å². The fourth-order valence-electron chi connectivity index (χ4n) is 3.15. The van der Waals surface area contributed by atoms with E-state index in [4.69, 9.17) is 9.47 Å². The summed E-state index contributed by atoms with van der Waals surface area (Å²) in [7, 11) is -2.26. The normalized spacial score (nSPS) is 11.3. The number of anilines is 1. The van der Waals surface area contributed by atoms with E-state index in [9.17, 15) is 18.0 Å². The molecular weight excluding hydrogens is 432 g/mol. The number of methoxy groups -OCH3 is 1. The molecule has 0 radical (unpaired) electrons. The highest BCUT2D eigenvalue weighted by molar-refractivity contribution is 7.89. The third kappa shape index (κ3) is 6.30. The first-order valence-corrected chi connectivity index (χ1v) is 11.9. The van der Waals surface area contributed by atoms with Gasteiger partial charge < -0.3 is 14.8 Å². The molecule has 0 fully saturated rings. The molecule has 0 aliphatic carbocycles. The van der Waals surface area contributed by atoms with Crippen molar-refractivity contribution in [1.82, 2.24) is 4.31 Å². The van der Waals surface area contributed by atoms with Crippen LogP contribution in [0.15, 0.2) is 47.4 Å². The molecule has 2 aromatic carbocycles. The monoisotopic (exact) mass is 462 g/mol. The SMILES string of the molecule is CCOc1ccc(C(=O)CCC(=O)Nc2cc(S(=O)(=O)N(CC)CC)ccc2OC)cc1. The van der Waals surface area contributed by atoms with E-state index in [0.29, 0.717) is 36.8 Å². The average Bonchev–Trinajstić information content (AvgIpc) is 2.78. The summed E-state index contributed by atoms with van der Waals surface area (Å²) >= 11 is 0. The fourth-order valence-corrected chi connectivity index (χ4v) is 4.63. The maximum atomic E-state index is 12.8. The number of ether oxygens (including phenoxy) is 2. The first-order valence-electron chi connectivity index (χ1n) is 10.5. The molecule has 1 amide bonds. The van der Waals surface area contributed by atoms with Crippen molar-refractivity contribution in [2.45, 2.75) is 38.5 Å². The number of sulfonamides is 1. The fraction of sp³-hybridized carbons (Fsp3) is 0.391. The van der Waals surface area contributed by atoms with Crippen LogP contribution in [0.2, 0.25) is 0 Å². The van der Waals surface area contributed by atoms with Gasteiger partial charge in [-0.3, -0.25) is 9.59 Å². The number of benzene rings is 2. The number of hydrogen-bond acceptors (Lipinski definition) is 6. The number of ketones is 1. The molecule has 2 aromatic rings. The van der Waals surface area contributed by atoms with Gasteiger partial charge in [0.05, 0.1) is 24.3 Å². The van der Waals surface area contributed by atoms with E-state index in [1.54, 1.807) is 38.1 Å². The molecule has 0 unspecified atom stereocenters. The Hall–Kier alpha value is -2.91. The number of Topliss-reactive ketones (excluding diaryl/α,β-unsaturated/α-hetero) is 1. The van der Waals surface area contributed by atoms with Crippen LogP contribution in [-0.2, 0) is 14.8 Å². The van der Waals surface area contributed by atoms with Crippen molar-refractivity contribution in [3.63, 3.8) is 0 Å². The third-order valence-corrected chi connectivity index (χ3v) is 6.90. The first kappa shape index (κ1) is 25.4. The lowest BCUT2D eigenvalue weighted by Gasteiger charge is -2.19. The first-order chi connectivity index (χ1) is 15.3. The van der Waals surface area contributed by atoms with Gasteiger partial charge in [-0.05, 0) is 49.4 Å². The standard InChI is InChI=1S/C23H30N2O6S/c1-5-25(6-2)32(28,29)19-12-14-22(30-4)20(16-19)24-23(27)15-13-21(26)17-8-10-18(11-9-17)31-7-3/h8-12,14,16H,5-7,13,15H2,1-4H3,(H,24,27). The molecule has 32 heavy (non-hydrogen) atoms. The van der Waals surface area contributed by atoms with E-state index >= 15 is 0 Å². The topological polar surface area (TPSA) is 102 Å². The Bertz CT molecular complexity index is 1030. The summed E-state index contributed by atoms with van der Waals surface area (Å²) in [5, 5.41) is 2.66. The highest BCUT2D eigenvalue weighted by atomic mass is 32.2. The number of carbonyl (C=O) groups excluding carboxylic acids is 2. The van der Waals surface area contributed by atoms with E-state index in [0.717, 1.165) is 0 Å². The number of hydrogen-bond donors (Lipinski definition) is 1. The number of nitrogens with zero attached hydrogens (tertiary/aromatic N) is 1. The summed E-state index contributed by atoms with van der Waals surface area (Å²) in [4.78, 5) is 24.9. The van der Waals surface area contributed by atoms with Gasteiger partial charge in [0.1, 0.15) is 11.5 Å². The molecule has 0 heterocycles. The van der Waals surface area contributed by atoms with Gasteiger partial charge in [0.2, 0.25) is 15.9 Å². The summed E-state index contributed by atoms with van der Waals surface area (Å²) < 4.78 is 37.5. The van der Waals surface area contributed by atoms with Gasteiger partial charge >= 0.3 is 0 Å². The summed E-state index contributed by atoms with van der Waals surface area (Å²) in [6.07, 6.45) is -0.0399. The highest BCUT2D eigenvalue weighted by Gasteiger charge is 2.23. The zero-order valence-electron chi connectivity index (χ0n) is 18.9. The molecule has 2 rings (SSSR count). The van der Waals surface area contributed by atoms with Crippen molar-refractivity contribution in [2.24, 2.45) is 0 Å². The highest BCUT2D eigenvalue weighted by Crippen LogP contribution is 2.29. The summed E-state index contributed by atoms with van der Waals surface area (Å²) in [5.41, 5.74) is 0.727. The lowest BCUT2D eigenvalue weighted by Crippen LogP contribution is -2.30. The molecule has 0 aliphatic rings. The van der Waals surface area contributed by atoms with Gasteiger partial charge in [-0.25, -0.2) is 8.42 Å². The van der Waals surface area contributed by atoms with Crippen molar-refractivity contribution in [2.75, 3.05) is 32.1 Å². The third-order valence-electron chi connectivity index (χ3n) is 4.85. The average molecular weight is 463 g/mol. The molecule has 174 valence electrons. The minimum atomic E-state index is -3.69. The van der Waals surface area contributed by atoms with Crippen LogP contribution in [0.1, 0.15) is 44.0 Å². The van der Waals surface area contributed by atoms with Gasteiger partial charge in [-0.2, -0.15) is 4.31 Å². The number of nitrogens with one attached hydrogen (secondary N) is 1. The van der Waals surface area contributed by atoms with Crippen molar-refractivity contribution in [1.29, 1.82) is 0 Å². The summed E-state index contributed by atoms with van der Waals surface area (Å²) in [5.74, 6) is 0.413. The van der Waals surface area contributed by atoms with E-state index < -0.39 is 15.9 Å². The second-order valence-corrected chi connectivity index (χ2v) is 8.82. The molecule has 0 saturated heterocycles. The van der Waals surface area contributed by atoms with Crippen molar-refractivity contribution in [3.05, 3.63) is 48.0 Å². The number of carbonyl (C=O) groups is 2. The van der Waals surface area contributed by atoms with Gasteiger partial charge in [0, 0.05) is 31.5 Å². The van der Waals surface area contributed by atoms with Crippen LogP contribution in [0.25, 0.3) is 0 Å². The second-order valence-electron chi connectivity index (χ2n) is 6.88. The van der Waals surface area contributed by atoms with Crippen LogP contribution >= 0.6 is 0 Å². The van der Waals surface area contributed by atoms with E-state index in [1.807, 2.05) is 6.92 Å². The molecule has 0 aliphatic heterocycles. The van der Waals surface area contributed by atoms with Gasteiger partial charge in [0.15, 0.2) is 5.78 Å². The molecule has 1 N–H and O–H groups in total. The van der Waals surface area contributed by atoms with Gasteiger partial charge in [-0.15, -0.1) is 0 Å². The molecule has 0 aromatic heterocycles. The Kier molecular flexibility index (Phi) is 9.22. The van der Waals surface area contributed by atoms with E-state index in [-0.39, 0.29) is 29.2 Å². The molecule has 0 bridgehead atoms. The smallest absolute Gasteiger partial charge is 0.243 e. The minimum absolute atomic E-state index is 0.0135. The van der Waals surface area contributed by atoms with Crippen LogP contribution < -0.4 is 14.8 Å². The number of amides is 1. The van der Waals surface area contributed by atoms with Gasteiger partial charge in [-0.1, -0.05) is 13.8 Å². The Morgan fingerprint density at radius 1 is 0.969 bits per heavy atom. The van der Waals surface area contributed by atoms with Crippen LogP contribution in [0, 0.1) is 0 Å². The van der Waals surface area contributed by atoms with Gasteiger partial charge in [0.25, 0.3) is 0 Å². The Morgan fingerprint density at radius 3 is 2.19 bits per heavy atom. The summed E-state index contributed by atoms with van der Waals surface area (Å²) in [6.45, 7) is 6.60. The van der Waals surface area contributed by atoms with Crippen molar-refractivity contribution in [3.8, 4) is 11.5 Å². The zero-order chi connectivity index (χ0) is 23.7. The zero-order valence-corrected chi connectivity index (χ0v) is 19.7. The van der Waals surface area contributed by atoms with Crippen molar-refractivity contribution >= 4 is 27.4 Å². The molecule has 9 heteroatoms. The quantitative estimate of drug-likeness (QED) is 0.482. The van der Waals surface area contributed by atoms with Crippen molar-refractivity contribution < 1.29 is 27.5 Å². The lowest BCUT2D eigenvalue weighted by molar-refractivity contribution is -0.116. The second kappa shape index (κ2) is 11.6. The number of rotatable bonds is 12.